The molecule has 0 bridgehead atoms. The number of amides is 1. The first kappa shape index (κ1) is 18.0. The molecule has 4 heteroatoms. The van der Waals surface area contributed by atoms with Crippen LogP contribution in [0.3, 0.4) is 0 Å². The second-order valence-corrected chi connectivity index (χ2v) is 7.50. The molecule has 3 aliphatic rings. The summed E-state index contributed by atoms with van der Waals surface area (Å²) >= 11 is 0. The van der Waals surface area contributed by atoms with E-state index in [-0.39, 0.29) is 6.17 Å². The Balaban J connectivity index is 1.57. The molecule has 25 heavy (non-hydrogen) atoms. The van der Waals surface area contributed by atoms with Gasteiger partial charge in [0, 0.05) is 19.4 Å². The van der Waals surface area contributed by atoms with E-state index in [4.69, 9.17) is 0 Å². The minimum absolute atomic E-state index is 0.00766. The number of nitrogens with one attached hydrogen (secondary N) is 1. The third-order valence-corrected chi connectivity index (χ3v) is 5.90. The minimum atomic E-state index is 0.00766. The molecule has 1 saturated carbocycles. The number of hydrogen-bond acceptors (Lipinski definition) is 3. The topological polar surface area (TPSA) is 44.7 Å². The molecule has 2 atom stereocenters. The van der Waals surface area contributed by atoms with Gasteiger partial charge < -0.3 is 4.90 Å². The number of carbonyl (C=O) groups is 1. The summed E-state index contributed by atoms with van der Waals surface area (Å²) in [5.41, 5.74) is 5.25. The maximum absolute atomic E-state index is 12.8. The van der Waals surface area contributed by atoms with Crippen LogP contribution in [0.4, 0.5) is 0 Å². The van der Waals surface area contributed by atoms with Crippen molar-refractivity contribution in [1.82, 2.24) is 10.3 Å². The zero-order chi connectivity index (χ0) is 17.6. The molecule has 2 unspecified atom stereocenters. The maximum atomic E-state index is 12.8. The van der Waals surface area contributed by atoms with Crippen molar-refractivity contribution in [2.45, 2.75) is 64.5 Å². The Hall–Kier alpha value is -1.84. The van der Waals surface area contributed by atoms with Gasteiger partial charge in [0.2, 0.25) is 5.91 Å². The van der Waals surface area contributed by atoms with Crippen molar-refractivity contribution in [3.8, 4) is 0 Å². The summed E-state index contributed by atoms with van der Waals surface area (Å²) < 4.78 is 0. The fraction of sp³-hybridized carbons (Fsp3) is 0.619. The molecule has 0 aromatic heterocycles. The van der Waals surface area contributed by atoms with Crippen LogP contribution in [0.25, 0.3) is 0 Å². The van der Waals surface area contributed by atoms with E-state index >= 15 is 0 Å². The molecular formula is C21H31N3O. The summed E-state index contributed by atoms with van der Waals surface area (Å²) in [7, 11) is 0. The van der Waals surface area contributed by atoms with Crippen LogP contribution in [0.2, 0.25) is 0 Å². The monoisotopic (exact) mass is 341 g/mol. The van der Waals surface area contributed by atoms with Crippen LogP contribution in [-0.4, -0.2) is 29.2 Å². The number of piperidine rings is 1. The number of nitrogens with zero attached hydrogens (tertiary/aromatic N) is 2. The molecule has 0 aromatic rings. The predicted octanol–water partition coefficient (Wildman–Crippen LogP) is 4.17. The summed E-state index contributed by atoms with van der Waals surface area (Å²) in [5, 5.41) is 4.48. The van der Waals surface area contributed by atoms with E-state index in [1.54, 1.807) is 6.08 Å². The van der Waals surface area contributed by atoms with E-state index in [0.29, 0.717) is 11.8 Å². The molecule has 1 N–H and O–H groups in total. The van der Waals surface area contributed by atoms with E-state index in [0.717, 1.165) is 43.0 Å². The van der Waals surface area contributed by atoms with Crippen molar-refractivity contribution in [2.24, 2.45) is 16.9 Å². The summed E-state index contributed by atoms with van der Waals surface area (Å²) in [6.45, 7) is 6.64. The summed E-state index contributed by atoms with van der Waals surface area (Å²) in [5.74, 6) is 1.68. The maximum Gasteiger partial charge on any atom is 0.224 e. The average molecular weight is 341 g/mol. The summed E-state index contributed by atoms with van der Waals surface area (Å²) in [6.07, 6.45) is 17.2. The summed E-state index contributed by atoms with van der Waals surface area (Å²) in [6, 6.07) is 0. The van der Waals surface area contributed by atoms with Crippen molar-refractivity contribution in [3.63, 3.8) is 0 Å². The normalized spacial score (nSPS) is 29.0. The Kier molecular flexibility index (Phi) is 6.11. The third kappa shape index (κ3) is 4.23. The molecule has 0 aromatic carbocycles. The van der Waals surface area contributed by atoms with Crippen LogP contribution in [-0.2, 0) is 4.79 Å². The fourth-order valence-electron chi connectivity index (χ4n) is 4.55. The quantitative estimate of drug-likeness (QED) is 0.763. The Morgan fingerprint density at radius 3 is 2.68 bits per heavy atom. The van der Waals surface area contributed by atoms with Crippen LogP contribution in [0.15, 0.2) is 41.6 Å². The highest BCUT2D eigenvalue weighted by molar-refractivity contribution is 6.04. The van der Waals surface area contributed by atoms with Crippen molar-refractivity contribution >= 4 is 11.6 Å². The molecule has 3 rings (SSSR count). The van der Waals surface area contributed by atoms with Gasteiger partial charge in [-0.05, 0) is 30.8 Å². The van der Waals surface area contributed by atoms with E-state index in [1.165, 1.54) is 32.1 Å². The van der Waals surface area contributed by atoms with E-state index in [1.807, 2.05) is 30.1 Å². The van der Waals surface area contributed by atoms with Crippen LogP contribution < -0.4 is 5.43 Å². The zero-order valence-electron chi connectivity index (χ0n) is 15.4. The first-order valence-corrected chi connectivity index (χ1v) is 9.80. The number of hydrazone groups is 1. The molecule has 2 aliphatic heterocycles. The van der Waals surface area contributed by atoms with Crippen LogP contribution in [0.1, 0.15) is 58.3 Å². The molecule has 136 valence electrons. The molecule has 2 heterocycles. The van der Waals surface area contributed by atoms with Gasteiger partial charge in [0.1, 0.15) is 6.17 Å². The highest BCUT2D eigenvalue weighted by atomic mass is 16.2. The van der Waals surface area contributed by atoms with E-state index in [2.05, 4.69) is 17.1 Å². The van der Waals surface area contributed by atoms with Crippen molar-refractivity contribution < 1.29 is 4.79 Å². The van der Waals surface area contributed by atoms with Crippen LogP contribution in [0.5, 0.6) is 0 Å². The molecule has 0 spiro atoms. The number of hydrogen-bond donors (Lipinski definition) is 1. The smallest absolute Gasteiger partial charge is 0.224 e. The van der Waals surface area contributed by atoms with Gasteiger partial charge in [-0.25, -0.2) is 0 Å². The Morgan fingerprint density at radius 2 is 2.00 bits per heavy atom. The van der Waals surface area contributed by atoms with Crippen LogP contribution in [0, 0.1) is 11.8 Å². The van der Waals surface area contributed by atoms with Gasteiger partial charge in [-0.2, -0.15) is 5.10 Å². The molecule has 0 radical (unpaired) electrons. The highest BCUT2D eigenvalue weighted by Crippen LogP contribution is 2.36. The number of rotatable bonds is 5. The van der Waals surface area contributed by atoms with E-state index < -0.39 is 0 Å². The molecule has 4 nitrogen and oxygen atoms in total. The second-order valence-electron chi connectivity index (χ2n) is 7.50. The van der Waals surface area contributed by atoms with Gasteiger partial charge in [-0.1, -0.05) is 63.0 Å². The molecule has 1 saturated heterocycles. The number of allylic oxidation sites excluding steroid dienone is 5. The Morgan fingerprint density at radius 1 is 1.20 bits per heavy atom. The largest absolute Gasteiger partial charge is 0.321 e. The molecule has 1 aliphatic carbocycles. The number of carbonyl (C=O) groups excluding carboxylic acids is 1. The Labute approximate surface area is 151 Å². The molecule has 2 fully saturated rings. The van der Waals surface area contributed by atoms with Gasteiger partial charge in [0.05, 0.1) is 5.71 Å². The SMILES string of the molecule is C=C/C=C(\C=C/C)C1=NNC(N2CCC(C3CCCCC3)CC2=O)C1. The lowest BCUT2D eigenvalue weighted by atomic mass is 9.75. The first-order valence-electron chi connectivity index (χ1n) is 9.80. The van der Waals surface area contributed by atoms with Gasteiger partial charge in [0.25, 0.3) is 0 Å². The second kappa shape index (κ2) is 8.50. The molecular weight excluding hydrogens is 310 g/mol. The predicted molar refractivity (Wildman–Crippen MR) is 103 cm³/mol. The van der Waals surface area contributed by atoms with Crippen molar-refractivity contribution in [2.75, 3.05) is 6.54 Å². The Bertz CT molecular complexity index is 584. The van der Waals surface area contributed by atoms with Gasteiger partial charge in [0.15, 0.2) is 0 Å². The number of likely N-dealkylation sites (tertiary alicyclic amines) is 1. The average Bonchev–Trinajstić information content (AvgIpc) is 3.12. The first-order chi connectivity index (χ1) is 12.2. The zero-order valence-corrected chi connectivity index (χ0v) is 15.4. The van der Waals surface area contributed by atoms with Crippen molar-refractivity contribution in [3.05, 3.63) is 36.5 Å². The standard InChI is InChI=1S/C21H31N3O/c1-3-8-17(9-4-2)19-15-20(23-22-19)24-13-12-18(14-21(24)25)16-10-6-5-7-11-16/h3-4,8-9,16,18,20,23H,1,5-7,10-15H2,2H3/b9-4-,17-8+. The van der Waals surface area contributed by atoms with Crippen molar-refractivity contribution in [1.29, 1.82) is 0 Å². The van der Waals surface area contributed by atoms with Gasteiger partial charge in [-0.3, -0.25) is 10.2 Å². The van der Waals surface area contributed by atoms with Crippen LogP contribution >= 0.6 is 0 Å². The summed E-state index contributed by atoms with van der Waals surface area (Å²) in [4.78, 5) is 14.8. The lowest BCUT2D eigenvalue weighted by Gasteiger charge is -2.39. The highest BCUT2D eigenvalue weighted by Gasteiger charge is 2.36. The third-order valence-electron chi connectivity index (χ3n) is 5.90. The fourth-order valence-corrected chi connectivity index (χ4v) is 4.55. The lowest BCUT2D eigenvalue weighted by Crippen LogP contribution is -2.50. The molecule has 1 amide bonds. The van der Waals surface area contributed by atoms with Gasteiger partial charge in [-0.15, -0.1) is 0 Å². The minimum Gasteiger partial charge on any atom is -0.321 e. The lowest BCUT2D eigenvalue weighted by molar-refractivity contribution is -0.139. The van der Waals surface area contributed by atoms with Gasteiger partial charge >= 0.3 is 0 Å². The van der Waals surface area contributed by atoms with E-state index in [9.17, 15) is 4.79 Å².